The standard InChI is InChI=1S/C23H35N5O5S/c1-18-5-4-12-27(16-18)34(32,33)20-6-7-21(22(15-20)28(30)31)24-19-8-13-25(14-9-19)17-23(29)26-10-2-3-11-26/h6-7,15,18-19,24H,2-5,8-14,16-17H2,1H3/t18-/m0/s1. The van der Waals surface area contributed by atoms with Gasteiger partial charge in [0.25, 0.3) is 5.69 Å². The van der Waals surface area contributed by atoms with E-state index in [1.165, 1.54) is 22.5 Å². The van der Waals surface area contributed by atoms with Gasteiger partial charge in [0.15, 0.2) is 0 Å². The number of hydrogen-bond donors (Lipinski definition) is 1. The fourth-order valence-electron chi connectivity index (χ4n) is 5.17. The SMILES string of the molecule is C[C@H]1CCCN(S(=O)(=O)c2ccc(NC3CCN(CC(=O)N4CCCC4)CC3)c([N+](=O)[O-])c2)C1. The van der Waals surface area contributed by atoms with E-state index in [0.717, 1.165) is 64.7 Å². The number of nitrogens with one attached hydrogen (secondary N) is 1. The Morgan fingerprint density at radius 1 is 1.09 bits per heavy atom. The zero-order valence-corrected chi connectivity index (χ0v) is 20.6. The normalized spacial score (nSPS) is 23.2. The topological polar surface area (TPSA) is 116 Å². The molecule has 1 aromatic carbocycles. The summed E-state index contributed by atoms with van der Waals surface area (Å²) in [6, 6.07) is 4.19. The van der Waals surface area contributed by atoms with Gasteiger partial charge in [-0.15, -0.1) is 0 Å². The third kappa shape index (κ3) is 5.69. The zero-order valence-electron chi connectivity index (χ0n) is 19.8. The number of amides is 1. The number of hydrogen-bond acceptors (Lipinski definition) is 7. The number of nitrogens with zero attached hydrogens (tertiary/aromatic N) is 4. The second-order valence-electron chi connectivity index (χ2n) is 9.83. The van der Waals surface area contributed by atoms with E-state index in [-0.39, 0.29) is 28.4 Å². The molecule has 0 aliphatic carbocycles. The number of piperidine rings is 2. The van der Waals surface area contributed by atoms with Crippen LogP contribution < -0.4 is 5.32 Å². The lowest BCUT2D eigenvalue weighted by Crippen LogP contribution is -2.44. The molecule has 0 saturated carbocycles. The van der Waals surface area contributed by atoms with Gasteiger partial charge < -0.3 is 10.2 Å². The van der Waals surface area contributed by atoms with E-state index >= 15 is 0 Å². The van der Waals surface area contributed by atoms with E-state index < -0.39 is 14.9 Å². The summed E-state index contributed by atoms with van der Waals surface area (Å²) < 4.78 is 27.6. The summed E-state index contributed by atoms with van der Waals surface area (Å²) in [4.78, 5) is 27.7. The van der Waals surface area contributed by atoms with Crippen LogP contribution in [0, 0.1) is 16.0 Å². The largest absolute Gasteiger partial charge is 0.377 e. The lowest BCUT2D eigenvalue weighted by atomic mass is 10.0. The highest BCUT2D eigenvalue weighted by molar-refractivity contribution is 7.89. The number of carbonyl (C=O) groups is 1. The van der Waals surface area contributed by atoms with Gasteiger partial charge in [-0.3, -0.25) is 19.8 Å². The number of likely N-dealkylation sites (tertiary alicyclic amines) is 2. The second-order valence-corrected chi connectivity index (χ2v) is 11.8. The van der Waals surface area contributed by atoms with Crippen molar-refractivity contribution in [2.75, 3.05) is 51.1 Å². The van der Waals surface area contributed by atoms with Gasteiger partial charge >= 0.3 is 0 Å². The molecule has 0 spiro atoms. The highest BCUT2D eigenvalue weighted by atomic mass is 32.2. The van der Waals surface area contributed by atoms with Crippen molar-refractivity contribution >= 4 is 27.3 Å². The first-order chi connectivity index (χ1) is 16.2. The van der Waals surface area contributed by atoms with Crippen LogP contribution in [0.15, 0.2) is 23.1 Å². The summed E-state index contributed by atoms with van der Waals surface area (Å²) in [5.74, 6) is 0.454. The fourth-order valence-corrected chi connectivity index (χ4v) is 6.79. The van der Waals surface area contributed by atoms with Crippen molar-refractivity contribution in [3.63, 3.8) is 0 Å². The van der Waals surface area contributed by atoms with E-state index in [4.69, 9.17) is 0 Å². The predicted octanol–water partition coefficient (Wildman–Crippen LogP) is 2.51. The summed E-state index contributed by atoms with van der Waals surface area (Å²) in [7, 11) is -3.77. The molecule has 10 nitrogen and oxygen atoms in total. The molecule has 0 unspecified atom stereocenters. The maximum Gasteiger partial charge on any atom is 0.293 e. The van der Waals surface area contributed by atoms with Crippen molar-refractivity contribution < 1.29 is 18.1 Å². The Hall–Kier alpha value is -2.24. The van der Waals surface area contributed by atoms with Crippen LogP contribution in [0.5, 0.6) is 0 Å². The summed E-state index contributed by atoms with van der Waals surface area (Å²) in [5, 5.41) is 15.0. The number of nitro groups is 1. The minimum absolute atomic E-state index is 0.0299. The zero-order chi connectivity index (χ0) is 24.3. The van der Waals surface area contributed by atoms with Gasteiger partial charge in [0.2, 0.25) is 15.9 Å². The van der Waals surface area contributed by atoms with Crippen LogP contribution in [0.3, 0.4) is 0 Å². The molecule has 3 aliphatic heterocycles. The number of carbonyl (C=O) groups excluding carboxylic acids is 1. The minimum Gasteiger partial charge on any atom is -0.377 e. The first-order valence-corrected chi connectivity index (χ1v) is 13.7. The molecule has 1 atom stereocenters. The van der Waals surface area contributed by atoms with Crippen molar-refractivity contribution in [1.29, 1.82) is 0 Å². The Bertz CT molecular complexity index is 1000. The lowest BCUT2D eigenvalue weighted by Gasteiger charge is -2.33. The molecule has 188 valence electrons. The average molecular weight is 494 g/mol. The molecule has 1 amide bonds. The Balaban J connectivity index is 1.39. The first kappa shape index (κ1) is 24.9. The quantitative estimate of drug-likeness (QED) is 0.458. The van der Waals surface area contributed by atoms with E-state index in [1.807, 2.05) is 11.8 Å². The molecule has 34 heavy (non-hydrogen) atoms. The predicted molar refractivity (Wildman–Crippen MR) is 129 cm³/mol. The summed E-state index contributed by atoms with van der Waals surface area (Å²) in [6.45, 7) is 6.51. The van der Waals surface area contributed by atoms with E-state index in [9.17, 15) is 23.3 Å². The highest BCUT2D eigenvalue weighted by Gasteiger charge is 2.31. The minimum atomic E-state index is -3.77. The number of anilines is 1. The second kappa shape index (κ2) is 10.6. The Kier molecular flexibility index (Phi) is 7.73. The smallest absolute Gasteiger partial charge is 0.293 e. The van der Waals surface area contributed by atoms with Gasteiger partial charge in [0, 0.05) is 51.4 Å². The van der Waals surface area contributed by atoms with Crippen LogP contribution in [0.4, 0.5) is 11.4 Å². The third-order valence-corrected chi connectivity index (χ3v) is 9.05. The van der Waals surface area contributed by atoms with Crippen LogP contribution in [-0.4, -0.2) is 85.2 Å². The van der Waals surface area contributed by atoms with Crippen molar-refractivity contribution in [3.8, 4) is 0 Å². The maximum absolute atomic E-state index is 13.1. The lowest BCUT2D eigenvalue weighted by molar-refractivity contribution is -0.384. The van der Waals surface area contributed by atoms with Crippen LogP contribution >= 0.6 is 0 Å². The van der Waals surface area contributed by atoms with Crippen LogP contribution in [0.25, 0.3) is 0 Å². The van der Waals surface area contributed by atoms with E-state index in [1.54, 1.807) is 0 Å². The Morgan fingerprint density at radius 3 is 2.44 bits per heavy atom. The molecule has 0 aromatic heterocycles. The molecule has 11 heteroatoms. The molecule has 4 rings (SSSR count). The Labute approximate surface area is 201 Å². The monoisotopic (exact) mass is 493 g/mol. The molecule has 3 aliphatic rings. The summed E-state index contributed by atoms with van der Waals surface area (Å²) in [5.41, 5.74) is 0.111. The van der Waals surface area contributed by atoms with Crippen LogP contribution in [0.1, 0.15) is 45.4 Å². The van der Waals surface area contributed by atoms with E-state index in [2.05, 4.69) is 10.2 Å². The van der Waals surface area contributed by atoms with Gasteiger partial charge in [-0.25, -0.2) is 8.42 Å². The van der Waals surface area contributed by atoms with Crippen LogP contribution in [-0.2, 0) is 14.8 Å². The molecular weight excluding hydrogens is 458 g/mol. The van der Waals surface area contributed by atoms with Crippen LogP contribution in [0.2, 0.25) is 0 Å². The number of benzene rings is 1. The molecule has 0 radical (unpaired) electrons. The number of sulfonamides is 1. The average Bonchev–Trinajstić information content (AvgIpc) is 3.36. The molecule has 3 saturated heterocycles. The summed E-state index contributed by atoms with van der Waals surface area (Å²) in [6.07, 6.45) is 5.46. The van der Waals surface area contributed by atoms with Gasteiger partial charge in [0.1, 0.15) is 5.69 Å². The Morgan fingerprint density at radius 2 is 1.79 bits per heavy atom. The van der Waals surface area contributed by atoms with Crippen molar-refractivity contribution in [2.24, 2.45) is 5.92 Å². The van der Waals surface area contributed by atoms with Gasteiger partial charge in [-0.2, -0.15) is 4.31 Å². The fraction of sp³-hybridized carbons (Fsp3) is 0.696. The maximum atomic E-state index is 13.1. The van der Waals surface area contributed by atoms with Gasteiger partial charge in [-0.05, 0) is 56.6 Å². The van der Waals surface area contributed by atoms with Crippen molar-refractivity contribution in [1.82, 2.24) is 14.1 Å². The first-order valence-electron chi connectivity index (χ1n) is 12.3. The number of nitro benzene ring substituents is 1. The molecule has 1 N–H and O–H groups in total. The van der Waals surface area contributed by atoms with Gasteiger partial charge in [0.05, 0.1) is 16.4 Å². The van der Waals surface area contributed by atoms with E-state index in [0.29, 0.717) is 25.3 Å². The molecule has 3 heterocycles. The molecule has 0 bridgehead atoms. The highest BCUT2D eigenvalue weighted by Crippen LogP contribution is 2.32. The van der Waals surface area contributed by atoms with Crippen molar-refractivity contribution in [3.05, 3.63) is 28.3 Å². The van der Waals surface area contributed by atoms with Gasteiger partial charge in [-0.1, -0.05) is 6.92 Å². The summed E-state index contributed by atoms with van der Waals surface area (Å²) >= 11 is 0. The molecular formula is C23H35N5O5S. The molecule has 1 aromatic rings. The third-order valence-electron chi connectivity index (χ3n) is 7.19. The molecule has 3 fully saturated rings. The van der Waals surface area contributed by atoms with Crippen molar-refractivity contribution in [2.45, 2.75) is 56.4 Å². The number of rotatable bonds is 7.